The van der Waals surface area contributed by atoms with Crippen LogP contribution >= 0.6 is 11.3 Å². The van der Waals surface area contributed by atoms with Crippen molar-refractivity contribution in [3.63, 3.8) is 0 Å². The van der Waals surface area contributed by atoms with Gasteiger partial charge < -0.3 is 19.9 Å². The van der Waals surface area contributed by atoms with Gasteiger partial charge in [-0.25, -0.2) is 9.79 Å². The Labute approximate surface area is 233 Å². The summed E-state index contributed by atoms with van der Waals surface area (Å²) in [5, 5.41) is 11.7. The van der Waals surface area contributed by atoms with Gasteiger partial charge in [0, 0.05) is 5.69 Å². The van der Waals surface area contributed by atoms with Crippen molar-refractivity contribution >= 4 is 35.0 Å². The van der Waals surface area contributed by atoms with Crippen LogP contribution in [0.2, 0.25) is 0 Å². The number of allylic oxidation sites excluding steroid dienone is 1. The van der Waals surface area contributed by atoms with Gasteiger partial charge >= 0.3 is 5.97 Å². The number of methoxy groups -OCH3 is 1. The van der Waals surface area contributed by atoms with Crippen molar-refractivity contribution < 1.29 is 24.2 Å². The Morgan fingerprint density at radius 1 is 1.02 bits per heavy atom. The molecule has 0 fully saturated rings. The molecule has 0 saturated carbocycles. The minimum atomic E-state index is -1.07. The molecule has 5 rings (SSSR count). The first kappa shape index (κ1) is 26.6. The summed E-state index contributed by atoms with van der Waals surface area (Å²) in [5.74, 6) is -0.351. The van der Waals surface area contributed by atoms with E-state index in [2.05, 4.69) is 10.3 Å². The molecule has 9 nitrogen and oxygen atoms in total. The Hall–Kier alpha value is -4.96. The molecular weight excluding hydrogens is 530 g/mol. The molecule has 0 spiro atoms. The number of carbonyl (C=O) groups is 2. The predicted octanol–water partition coefficient (Wildman–Crippen LogP) is 3.35. The number of benzene rings is 3. The van der Waals surface area contributed by atoms with Crippen LogP contribution in [0.1, 0.15) is 24.1 Å². The number of anilines is 1. The van der Waals surface area contributed by atoms with Gasteiger partial charge in [0.1, 0.15) is 11.5 Å². The molecule has 202 valence electrons. The number of para-hydroxylation sites is 1. The molecule has 2 heterocycles. The maximum Gasteiger partial charge on any atom is 0.341 e. The molecule has 0 aliphatic carbocycles. The minimum absolute atomic E-state index is 0.284. The van der Waals surface area contributed by atoms with E-state index in [1.54, 1.807) is 73.2 Å². The topological polar surface area (TPSA) is 119 Å². The van der Waals surface area contributed by atoms with Crippen molar-refractivity contribution in [1.29, 1.82) is 0 Å². The van der Waals surface area contributed by atoms with E-state index in [0.717, 1.165) is 11.1 Å². The molecule has 0 radical (unpaired) electrons. The van der Waals surface area contributed by atoms with Gasteiger partial charge in [-0.15, -0.1) is 0 Å². The second-order valence-corrected chi connectivity index (χ2v) is 9.94. The van der Waals surface area contributed by atoms with Crippen molar-refractivity contribution in [1.82, 2.24) is 4.57 Å². The summed E-state index contributed by atoms with van der Waals surface area (Å²) < 4.78 is 12.5. The Morgan fingerprint density at radius 2 is 1.70 bits per heavy atom. The largest absolute Gasteiger partial charge is 0.497 e. The molecule has 1 atom stereocenters. The van der Waals surface area contributed by atoms with E-state index >= 15 is 0 Å². The van der Waals surface area contributed by atoms with E-state index in [9.17, 15) is 14.4 Å². The van der Waals surface area contributed by atoms with Gasteiger partial charge in [0.05, 0.1) is 29.0 Å². The van der Waals surface area contributed by atoms with Crippen LogP contribution in [-0.2, 0) is 9.59 Å². The lowest BCUT2D eigenvalue weighted by Gasteiger charge is -2.25. The fourth-order valence-corrected chi connectivity index (χ4v) is 5.44. The zero-order chi connectivity index (χ0) is 28.2. The zero-order valence-electron chi connectivity index (χ0n) is 21.7. The number of nitrogens with zero attached hydrogens (tertiary/aromatic N) is 2. The van der Waals surface area contributed by atoms with Gasteiger partial charge in [0.25, 0.3) is 11.5 Å². The first-order valence-electron chi connectivity index (χ1n) is 12.3. The highest BCUT2D eigenvalue weighted by atomic mass is 32.1. The minimum Gasteiger partial charge on any atom is -0.497 e. The molecule has 2 N–H and O–H groups in total. The summed E-state index contributed by atoms with van der Waals surface area (Å²) in [5.41, 5.74) is 2.70. The second kappa shape index (κ2) is 11.4. The quantitative estimate of drug-likeness (QED) is 0.344. The predicted molar refractivity (Wildman–Crippen MR) is 151 cm³/mol. The summed E-state index contributed by atoms with van der Waals surface area (Å²) in [6, 6.07) is 22.4. The molecule has 40 heavy (non-hydrogen) atoms. The molecule has 0 unspecified atom stereocenters. The third-order valence-corrected chi connectivity index (χ3v) is 7.25. The molecule has 1 aliphatic heterocycles. The molecule has 1 amide bonds. The Morgan fingerprint density at radius 3 is 2.35 bits per heavy atom. The van der Waals surface area contributed by atoms with Crippen molar-refractivity contribution in [3.05, 3.63) is 121 Å². The summed E-state index contributed by atoms with van der Waals surface area (Å²) in [7, 11) is 1.58. The number of amides is 1. The van der Waals surface area contributed by atoms with Crippen molar-refractivity contribution in [2.75, 3.05) is 19.0 Å². The van der Waals surface area contributed by atoms with E-state index in [-0.39, 0.29) is 11.5 Å². The molecule has 1 aliphatic rings. The molecule has 0 bridgehead atoms. The Balaban J connectivity index is 1.58. The average Bonchev–Trinajstić information content (AvgIpc) is 3.26. The second-order valence-electron chi connectivity index (χ2n) is 8.93. The zero-order valence-corrected chi connectivity index (χ0v) is 22.5. The van der Waals surface area contributed by atoms with Gasteiger partial charge in [-0.05, 0) is 60.5 Å². The number of aliphatic carboxylic acids is 1. The average molecular weight is 556 g/mol. The first-order chi connectivity index (χ1) is 19.3. The smallest absolute Gasteiger partial charge is 0.341 e. The highest BCUT2D eigenvalue weighted by Crippen LogP contribution is 2.31. The number of fused-ring (bicyclic) bond motifs is 1. The molecule has 0 saturated heterocycles. The Kier molecular flexibility index (Phi) is 7.61. The van der Waals surface area contributed by atoms with E-state index in [0.29, 0.717) is 37.8 Å². The number of hydrogen-bond donors (Lipinski definition) is 2. The maximum atomic E-state index is 13.8. The van der Waals surface area contributed by atoms with Crippen LogP contribution in [-0.4, -0.2) is 35.3 Å². The van der Waals surface area contributed by atoms with Crippen molar-refractivity contribution in [3.8, 4) is 11.5 Å². The molecule has 1 aromatic heterocycles. The Bertz CT molecular complexity index is 1770. The summed E-state index contributed by atoms with van der Waals surface area (Å²) in [6.45, 7) is 1.33. The lowest BCUT2D eigenvalue weighted by molar-refractivity contribution is -0.139. The number of aromatic nitrogens is 1. The molecule has 3 aromatic carbocycles. The molecule has 4 aromatic rings. The first-order valence-corrected chi connectivity index (χ1v) is 13.1. The van der Waals surface area contributed by atoms with E-state index in [4.69, 9.17) is 14.6 Å². The number of nitrogens with one attached hydrogen (secondary N) is 1. The monoisotopic (exact) mass is 555 g/mol. The summed E-state index contributed by atoms with van der Waals surface area (Å²) in [4.78, 5) is 43.3. The number of rotatable bonds is 8. The lowest BCUT2D eigenvalue weighted by atomic mass is 9.95. The van der Waals surface area contributed by atoms with Crippen LogP contribution in [0.4, 0.5) is 5.69 Å². The standard InChI is InChI=1S/C30H25N3O6S/c1-18-26(28(36)32-21-6-4-3-5-7-21)27(20-10-14-22(38-2)15-11-20)33-29(37)24(40-30(33)31-18)16-19-8-12-23(13-9-19)39-17-25(34)35/h3-16,27H,17H2,1-2H3,(H,32,36)(H,34,35)/b24-16+/t27-/m1/s1. The lowest BCUT2D eigenvalue weighted by Crippen LogP contribution is -2.40. The van der Waals surface area contributed by atoms with Gasteiger partial charge in [-0.3, -0.25) is 14.2 Å². The number of carboxylic acid groups (broad SMARTS) is 1. The highest BCUT2D eigenvalue weighted by Gasteiger charge is 2.32. The van der Waals surface area contributed by atoms with E-state index < -0.39 is 18.6 Å². The van der Waals surface area contributed by atoms with Crippen molar-refractivity contribution in [2.45, 2.75) is 13.0 Å². The normalized spacial score (nSPS) is 14.8. The number of thiazole rings is 1. The van der Waals surface area contributed by atoms with Gasteiger partial charge in [0.15, 0.2) is 11.4 Å². The van der Waals surface area contributed by atoms with Crippen molar-refractivity contribution in [2.24, 2.45) is 4.99 Å². The van der Waals surface area contributed by atoms with Gasteiger partial charge in [-0.2, -0.15) is 0 Å². The highest BCUT2D eigenvalue weighted by molar-refractivity contribution is 7.07. The van der Waals surface area contributed by atoms with Crippen LogP contribution < -0.4 is 29.7 Å². The third kappa shape index (κ3) is 5.57. The number of carboxylic acids is 1. The van der Waals surface area contributed by atoms with Gasteiger partial charge in [-0.1, -0.05) is 53.8 Å². The maximum absolute atomic E-state index is 13.8. The van der Waals surface area contributed by atoms with Crippen LogP contribution in [0, 0.1) is 0 Å². The molecular formula is C30H25N3O6S. The van der Waals surface area contributed by atoms with E-state index in [1.807, 2.05) is 30.3 Å². The summed E-state index contributed by atoms with van der Waals surface area (Å²) >= 11 is 1.23. The number of ether oxygens (including phenoxy) is 2. The number of hydrogen-bond acceptors (Lipinski definition) is 7. The van der Waals surface area contributed by atoms with Gasteiger partial charge in [0.2, 0.25) is 0 Å². The fraction of sp³-hybridized carbons (Fsp3) is 0.133. The SMILES string of the molecule is COc1ccc([C@@H]2C(C(=O)Nc3ccccc3)=C(C)N=c3s/c(=C/c4ccc(OCC(=O)O)cc4)c(=O)n32)cc1. The fourth-order valence-electron chi connectivity index (χ4n) is 4.39. The third-order valence-electron chi connectivity index (χ3n) is 6.27. The van der Waals surface area contributed by atoms with Crippen LogP contribution in [0.5, 0.6) is 11.5 Å². The van der Waals surface area contributed by atoms with Crippen LogP contribution in [0.3, 0.4) is 0 Å². The number of carbonyl (C=O) groups excluding carboxylic acids is 1. The molecule has 10 heteroatoms. The summed E-state index contributed by atoms with van der Waals surface area (Å²) in [6.07, 6.45) is 1.74. The van der Waals surface area contributed by atoms with E-state index in [1.165, 1.54) is 11.3 Å². The van der Waals surface area contributed by atoms with Crippen LogP contribution in [0.25, 0.3) is 6.08 Å². The van der Waals surface area contributed by atoms with Crippen LogP contribution in [0.15, 0.2) is 99.9 Å².